The Morgan fingerprint density at radius 3 is 1.76 bits per heavy atom. The van der Waals surface area contributed by atoms with Crippen LogP contribution in [-0.4, -0.2) is 64.7 Å². The van der Waals surface area contributed by atoms with E-state index in [1.54, 1.807) is 0 Å². The van der Waals surface area contributed by atoms with Crippen LogP contribution < -0.4 is 21.7 Å². The number of hydrogen-bond donors (Lipinski definition) is 6. The molecular formula is C15H28N4O6. The number of rotatable bonds is 10. The smallest absolute Gasteiger partial charge is 0.328 e. The van der Waals surface area contributed by atoms with E-state index < -0.39 is 54.5 Å². The highest BCUT2D eigenvalue weighted by atomic mass is 16.4. The van der Waals surface area contributed by atoms with Crippen molar-refractivity contribution in [1.82, 2.24) is 16.0 Å². The topological polar surface area (TPSA) is 171 Å². The number of hydrogen-bond acceptors (Lipinski definition) is 6. The number of carboxylic acid groups (broad SMARTS) is 1. The molecule has 7 N–H and O–H groups in total. The van der Waals surface area contributed by atoms with E-state index in [2.05, 4.69) is 16.0 Å². The zero-order valence-electron chi connectivity index (χ0n) is 14.9. The predicted octanol–water partition coefficient (Wildman–Crippen LogP) is -2.07. The zero-order valence-corrected chi connectivity index (χ0v) is 14.9. The monoisotopic (exact) mass is 360 g/mol. The van der Waals surface area contributed by atoms with E-state index in [1.807, 2.05) is 13.8 Å². The van der Waals surface area contributed by atoms with Crippen molar-refractivity contribution in [2.75, 3.05) is 6.61 Å². The Morgan fingerprint density at radius 1 is 0.920 bits per heavy atom. The number of aliphatic hydroxyl groups is 1. The van der Waals surface area contributed by atoms with Gasteiger partial charge in [-0.1, -0.05) is 20.3 Å². The summed E-state index contributed by atoms with van der Waals surface area (Å²) in [5.41, 5.74) is 5.78. The molecule has 0 bridgehead atoms. The summed E-state index contributed by atoms with van der Waals surface area (Å²) in [7, 11) is 0. The Bertz CT molecular complexity index is 498. The van der Waals surface area contributed by atoms with Gasteiger partial charge in [0.15, 0.2) is 0 Å². The van der Waals surface area contributed by atoms with Crippen LogP contribution in [0.1, 0.15) is 34.1 Å². The van der Waals surface area contributed by atoms with Crippen LogP contribution in [0.4, 0.5) is 0 Å². The van der Waals surface area contributed by atoms with Crippen molar-refractivity contribution >= 4 is 23.7 Å². The van der Waals surface area contributed by atoms with Crippen LogP contribution in [0.5, 0.6) is 0 Å². The van der Waals surface area contributed by atoms with Crippen LogP contribution in [0.25, 0.3) is 0 Å². The fourth-order valence-electron chi connectivity index (χ4n) is 1.77. The number of carbonyl (C=O) groups excluding carboxylic acids is 3. The van der Waals surface area contributed by atoms with Crippen molar-refractivity contribution in [3.63, 3.8) is 0 Å². The molecule has 0 aliphatic rings. The van der Waals surface area contributed by atoms with E-state index in [9.17, 15) is 19.2 Å². The van der Waals surface area contributed by atoms with Crippen molar-refractivity contribution in [3.8, 4) is 0 Å². The maximum atomic E-state index is 12.0. The molecular weight excluding hydrogens is 332 g/mol. The molecule has 10 nitrogen and oxygen atoms in total. The summed E-state index contributed by atoms with van der Waals surface area (Å²) in [5.74, 6) is -3.31. The minimum atomic E-state index is -1.46. The molecule has 0 aromatic carbocycles. The summed E-state index contributed by atoms with van der Waals surface area (Å²) in [6, 6.07) is -4.19. The van der Waals surface area contributed by atoms with Crippen LogP contribution in [-0.2, 0) is 19.2 Å². The highest BCUT2D eigenvalue weighted by Gasteiger charge is 2.26. The SMILES string of the molecule is CCC(C)C(N)C(=O)NC(C)C(=O)NC(C)C(=O)NC(CO)C(=O)O. The van der Waals surface area contributed by atoms with E-state index in [0.717, 1.165) is 0 Å². The molecule has 10 heteroatoms. The summed E-state index contributed by atoms with van der Waals surface area (Å²) in [5, 5.41) is 24.5. The number of aliphatic carboxylic acids is 1. The molecule has 0 radical (unpaired) electrons. The van der Waals surface area contributed by atoms with E-state index in [1.165, 1.54) is 13.8 Å². The largest absolute Gasteiger partial charge is 0.480 e. The summed E-state index contributed by atoms with van der Waals surface area (Å²) < 4.78 is 0. The van der Waals surface area contributed by atoms with Crippen molar-refractivity contribution in [2.45, 2.75) is 58.3 Å². The van der Waals surface area contributed by atoms with Gasteiger partial charge in [-0.15, -0.1) is 0 Å². The molecule has 0 aromatic heterocycles. The normalized spacial score (nSPS) is 16.7. The molecule has 0 saturated heterocycles. The van der Waals surface area contributed by atoms with Gasteiger partial charge in [-0.3, -0.25) is 14.4 Å². The summed E-state index contributed by atoms with van der Waals surface area (Å²) in [4.78, 5) is 46.6. The number of aliphatic hydroxyl groups excluding tert-OH is 1. The molecule has 0 heterocycles. The molecule has 0 fully saturated rings. The van der Waals surface area contributed by atoms with Gasteiger partial charge in [-0.25, -0.2) is 4.79 Å². The summed E-state index contributed by atoms with van der Waals surface area (Å²) in [6.45, 7) is 5.73. The van der Waals surface area contributed by atoms with Crippen LogP contribution in [0.15, 0.2) is 0 Å². The Morgan fingerprint density at radius 2 is 1.36 bits per heavy atom. The van der Waals surface area contributed by atoms with Gasteiger partial charge >= 0.3 is 5.97 Å². The Hall–Kier alpha value is -2.20. The molecule has 0 aromatic rings. The van der Waals surface area contributed by atoms with Crippen LogP contribution in [0, 0.1) is 5.92 Å². The lowest BCUT2D eigenvalue weighted by Gasteiger charge is -2.22. The van der Waals surface area contributed by atoms with E-state index in [4.69, 9.17) is 15.9 Å². The lowest BCUT2D eigenvalue weighted by Crippen LogP contribution is -2.56. The lowest BCUT2D eigenvalue weighted by molar-refractivity contribution is -0.143. The third-order valence-corrected chi connectivity index (χ3v) is 3.86. The third-order valence-electron chi connectivity index (χ3n) is 3.86. The summed E-state index contributed by atoms with van der Waals surface area (Å²) >= 11 is 0. The van der Waals surface area contributed by atoms with Crippen LogP contribution in [0.2, 0.25) is 0 Å². The first kappa shape index (κ1) is 22.8. The standard InChI is InChI=1S/C15H28N4O6/c1-5-7(2)11(16)14(23)18-8(3)12(21)17-9(4)13(22)19-10(6-20)15(24)25/h7-11,20H,5-6,16H2,1-4H3,(H,17,21)(H,18,23)(H,19,22)(H,24,25). The number of nitrogens with one attached hydrogen (secondary N) is 3. The molecule has 3 amide bonds. The maximum Gasteiger partial charge on any atom is 0.328 e. The fraction of sp³-hybridized carbons (Fsp3) is 0.733. The predicted molar refractivity (Wildman–Crippen MR) is 89.3 cm³/mol. The third kappa shape index (κ3) is 7.48. The van der Waals surface area contributed by atoms with E-state index in [-0.39, 0.29) is 5.92 Å². The molecule has 0 aliphatic heterocycles. The second-order valence-electron chi connectivity index (χ2n) is 5.95. The number of carboxylic acids is 1. The second-order valence-corrected chi connectivity index (χ2v) is 5.95. The summed E-state index contributed by atoms with van der Waals surface area (Å²) in [6.07, 6.45) is 0.710. The molecule has 25 heavy (non-hydrogen) atoms. The van der Waals surface area contributed by atoms with Gasteiger partial charge in [0.05, 0.1) is 12.6 Å². The molecule has 0 rings (SSSR count). The Kier molecular flexibility index (Phi) is 9.69. The first-order valence-electron chi connectivity index (χ1n) is 8.05. The fourth-order valence-corrected chi connectivity index (χ4v) is 1.77. The first-order valence-corrected chi connectivity index (χ1v) is 8.05. The average molecular weight is 360 g/mol. The number of carbonyl (C=O) groups is 4. The van der Waals surface area contributed by atoms with Crippen LogP contribution >= 0.6 is 0 Å². The minimum Gasteiger partial charge on any atom is -0.480 e. The lowest BCUT2D eigenvalue weighted by atomic mass is 9.99. The van der Waals surface area contributed by atoms with Gasteiger partial charge in [0.2, 0.25) is 17.7 Å². The van der Waals surface area contributed by atoms with Crippen LogP contribution in [0.3, 0.4) is 0 Å². The molecule has 0 saturated carbocycles. The molecule has 0 spiro atoms. The van der Waals surface area contributed by atoms with Gasteiger partial charge in [0.1, 0.15) is 18.1 Å². The molecule has 0 aliphatic carbocycles. The van der Waals surface area contributed by atoms with Gasteiger partial charge in [-0.2, -0.15) is 0 Å². The van der Waals surface area contributed by atoms with Gasteiger partial charge < -0.3 is 31.9 Å². The highest BCUT2D eigenvalue weighted by Crippen LogP contribution is 2.05. The van der Waals surface area contributed by atoms with Crippen molar-refractivity contribution in [1.29, 1.82) is 0 Å². The zero-order chi connectivity index (χ0) is 19.7. The van der Waals surface area contributed by atoms with Crippen molar-refractivity contribution in [2.24, 2.45) is 11.7 Å². The van der Waals surface area contributed by atoms with Gasteiger partial charge in [0, 0.05) is 0 Å². The van der Waals surface area contributed by atoms with Crippen molar-refractivity contribution in [3.05, 3.63) is 0 Å². The molecule has 5 unspecified atom stereocenters. The van der Waals surface area contributed by atoms with E-state index >= 15 is 0 Å². The number of nitrogens with two attached hydrogens (primary N) is 1. The van der Waals surface area contributed by atoms with E-state index in [0.29, 0.717) is 6.42 Å². The highest BCUT2D eigenvalue weighted by molar-refractivity contribution is 5.93. The Labute approximate surface area is 146 Å². The quantitative estimate of drug-likeness (QED) is 0.260. The maximum absolute atomic E-state index is 12.0. The Balaban J connectivity index is 4.58. The molecule has 144 valence electrons. The molecule has 5 atom stereocenters. The average Bonchev–Trinajstić information content (AvgIpc) is 2.56. The van der Waals surface area contributed by atoms with Crippen molar-refractivity contribution < 1.29 is 29.4 Å². The minimum absolute atomic E-state index is 0.0496. The van der Waals surface area contributed by atoms with Gasteiger partial charge in [0.25, 0.3) is 0 Å². The second kappa shape index (κ2) is 10.6. The number of amides is 3. The van der Waals surface area contributed by atoms with Gasteiger partial charge in [-0.05, 0) is 19.8 Å². The first-order chi connectivity index (χ1) is 11.5.